The van der Waals surface area contributed by atoms with Crippen LogP contribution in [-0.2, 0) is 11.2 Å². The van der Waals surface area contributed by atoms with Crippen LogP contribution < -0.4 is 10.1 Å². The highest BCUT2D eigenvalue weighted by Crippen LogP contribution is 2.21. The third-order valence-corrected chi connectivity index (χ3v) is 4.92. The molecule has 0 spiro atoms. The fourth-order valence-electron chi connectivity index (χ4n) is 3.79. The zero-order valence-corrected chi connectivity index (χ0v) is 16.3. The van der Waals surface area contributed by atoms with Crippen LogP contribution in [0.5, 0.6) is 5.75 Å². The molecule has 2 rings (SSSR count). The molecule has 1 aromatic carbocycles. The number of carbonyl (C=O) groups excluding carboxylic acids is 1. The largest absolute Gasteiger partial charge is 0.481 e. The molecule has 140 valence electrons. The van der Waals surface area contributed by atoms with Gasteiger partial charge in [-0.15, -0.1) is 0 Å². The van der Waals surface area contributed by atoms with Crippen LogP contribution in [0.1, 0.15) is 46.1 Å². The van der Waals surface area contributed by atoms with E-state index in [0.29, 0.717) is 6.54 Å². The molecule has 4 heteroatoms. The number of carbonyl (C=O) groups is 1. The Hall–Kier alpha value is -1.55. The lowest BCUT2D eigenvalue weighted by molar-refractivity contribution is -0.127. The average Bonchev–Trinajstić information content (AvgIpc) is 2.58. The molecule has 1 aromatic rings. The van der Waals surface area contributed by atoms with Gasteiger partial charge in [0.2, 0.25) is 0 Å². The third kappa shape index (κ3) is 6.35. The van der Waals surface area contributed by atoms with Crippen molar-refractivity contribution >= 4 is 5.91 Å². The number of hydrogen-bond acceptors (Lipinski definition) is 3. The summed E-state index contributed by atoms with van der Waals surface area (Å²) in [7, 11) is 0. The Morgan fingerprint density at radius 3 is 2.64 bits per heavy atom. The van der Waals surface area contributed by atoms with E-state index >= 15 is 0 Å². The highest BCUT2D eigenvalue weighted by Gasteiger charge is 2.21. The van der Waals surface area contributed by atoms with Crippen LogP contribution in [0.4, 0.5) is 0 Å². The summed E-state index contributed by atoms with van der Waals surface area (Å²) in [4.78, 5) is 14.8. The molecule has 0 saturated carbocycles. The van der Waals surface area contributed by atoms with Crippen molar-refractivity contribution in [2.45, 2.75) is 53.1 Å². The SMILES string of the molecule is CCc1ccccc1OC(C)C(=O)NCCCN1CC(C)CC(C)C1. The first kappa shape index (κ1) is 19.8. The van der Waals surface area contributed by atoms with E-state index in [1.165, 1.54) is 19.5 Å². The number of nitrogens with zero attached hydrogens (tertiary/aromatic N) is 1. The molecule has 0 aromatic heterocycles. The lowest BCUT2D eigenvalue weighted by Gasteiger charge is -2.34. The smallest absolute Gasteiger partial charge is 0.260 e. The van der Waals surface area contributed by atoms with Gasteiger partial charge in [-0.1, -0.05) is 39.0 Å². The topological polar surface area (TPSA) is 41.6 Å². The number of nitrogens with one attached hydrogen (secondary N) is 1. The molecule has 1 amide bonds. The zero-order chi connectivity index (χ0) is 18.2. The van der Waals surface area contributed by atoms with E-state index in [2.05, 4.69) is 31.0 Å². The number of hydrogen-bond donors (Lipinski definition) is 1. The van der Waals surface area contributed by atoms with E-state index in [1.54, 1.807) is 0 Å². The number of piperidine rings is 1. The molecule has 0 bridgehead atoms. The summed E-state index contributed by atoms with van der Waals surface area (Å²) in [5.74, 6) is 2.34. The molecule has 0 radical (unpaired) electrons. The molecule has 1 aliphatic rings. The number of benzene rings is 1. The van der Waals surface area contributed by atoms with E-state index < -0.39 is 6.10 Å². The Morgan fingerprint density at radius 2 is 1.96 bits per heavy atom. The zero-order valence-electron chi connectivity index (χ0n) is 16.3. The number of likely N-dealkylation sites (tertiary alicyclic amines) is 1. The Kier molecular flexibility index (Phi) is 7.76. The number of aryl methyl sites for hydroxylation is 1. The lowest BCUT2D eigenvalue weighted by Crippen LogP contribution is -2.41. The van der Waals surface area contributed by atoms with Crippen molar-refractivity contribution in [3.63, 3.8) is 0 Å². The quantitative estimate of drug-likeness (QED) is 0.733. The summed E-state index contributed by atoms with van der Waals surface area (Å²) >= 11 is 0. The summed E-state index contributed by atoms with van der Waals surface area (Å²) in [6, 6.07) is 7.92. The van der Waals surface area contributed by atoms with Crippen LogP contribution in [0.3, 0.4) is 0 Å². The van der Waals surface area contributed by atoms with E-state index in [9.17, 15) is 4.79 Å². The van der Waals surface area contributed by atoms with E-state index in [-0.39, 0.29) is 5.91 Å². The van der Waals surface area contributed by atoms with Gasteiger partial charge in [-0.05, 0) is 56.2 Å². The van der Waals surface area contributed by atoms with Gasteiger partial charge in [0.25, 0.3) is 5.91 Å². The van der Waals surface area contributed by atoms with Crippen molar-refractivity contribution in [2.24, 2.45) is 11.8 Å². The van der Waals surface area contributed by atoms with Crippen LogP contribution in [0.25, 0.3) is 0 Å². The highest BCUT2D eigenvalue weighted by atomic mass is 16.5. The first-order valence-electron chi connectivity index (χ1n) is 9.74. The number of para-hydroxylation sites is 1. The standard InChI is InChI=1S/C21H34N2O2/c1-5-19-9-6-7-10-20(19)25-18(4)21(24)22-11-8-12-23-14-16(2)13-17(3)15-23/h6-7,9-10,16-18H,5,8,11-15H2,1-4H3,(H,22,24). The van der Waals surface area contributed by atoms with Gasteiger partial charge in [-0.3, -0.25) is 4.79 Å². The molecule has 1 aliphatic heterocycles. The van der Waals surface area contributed by atoms with Gasteiger partial charge in [0.15, 0.2) is 6.10 Å². The van der Waals surface area contributed by atoms with Crippen molar-refractivity contribution in [3.05, 3.63) is 29.8 Å². The predicted octanol–water partition coefficient (Wildman–Crippen LogP) is 3.50. The number of amides is 1. The fraction of sp³-hybridized carbons (Fsp3) is 0.667. The maximum atomic E-state index is 12.3. The second kappa shape index (κ2) is 9.81. The van der Waals surface area contributed by atoms with Crippen molar-refractivity contribution in [2.75, 3.05) is 26.2 Å². The lowest BCUT2D eigenvalue weighted by atomic mass is 9.92. The summed E-state index contributed by atoms with van der Waals surface area (Å²) < 4.78 is 5.85. The Balaban J connectivity index is 1.69. The molecular formula is C21H34N2O2. The Bertz CT molecular complexity index is 536. The van der Waals surface area contributed by atoms with E-state index in [4.69, 9.17) is 4.74 Å². The minimum absolute atomic E-state index is 0.0358. The molecule has 25 heavy (non-hydrogen) atoms. The van der Waals surface area contributed by atoms with Crippen LogP contribution in [0.2, 0.25) is 0 Å². The van der Waals surface area contributed by atoms with E-state index in [0.717, 1.165) is 42.5 Å². The minimum Gasteiger partial charge on any atom is -0.481 e. The summed E-state index contributed by atoms with van der Waals surface area (Å²) in [5.41, 5.74) is 1.13. The van der Waals surface area contributed by atoms with Gasteiger partial charge < -0.3 is 15.0 Å². The molecular weight excluding hydrogens is 312 g/mol. The third-order valence-electron chi connectivity index (χ3n) is 4.92. The second-order valence-corrected chi connectivity index (χ2v) is 7.57. The van der Waals surface area contributed by atoms with Gasteiger partial charge in [0, 0.05) is 19.6 Å². The molecule has 4 nitrogen and oxygen atoms in total. The molecule has 3 atom stereocenters. The van der Waals surface area contributed by atoms with Gasteiger partial charge >= 0.3 is 0 Å². The molecule has 1 N–H and O–H groups in total. The second-order valence-electron chi connectivity index (χ2n) is 7.57. The number of ether oxygens (including phenoxy) is 1. The van der Waals surface area contributed by atoms with Gasteiger partial charge in [-0.25, -0.2) is 0 Å². The summed E-state index contributed by atoms with van der Waals surface area (Å²) in [5, 5.41) is 3.01. The molecule has 1 saturated heterocycles. The van der Waals surface area contributed by atoms with Crippen molar-refractivity contribution in [1.29, 1.82) is 0 Å². The van der Waals surface area contributed by atoms with Crippen molar-refractivity contribution < 1.29 is 9.53 Å². The van der Waals surface area contributed by atoms with Crippen LogP contribution in [0.15, 0.2) is 24.3 Å². The van der Waals surface area contributed by atoms with Crippen LogP contribution in [-0.4, -0.2) is 43.1 Å². The molecule has 3 unspecified atom stereocenters. The van der Waals surface area contributed by atoms with Gasteiger partial charge in [-0.2, -0.15) is 0 Å². The maximum Gasteiger partial charge on any atom is 0.260 e. The summed E-state index contributed by atoms with van der Waals surface area (Å²) in [6.45, 7) is 12.7. The van der Waals surface area contributed by atoms with Crippen molar-refractivity contribution in [1.82, 2.24) is 10.2 Å². The number of rotatable bonds is 8. The van der Waals surface area contributed by atoms with Crippen molar-refractivity contribution in [3.8, 4) is 5.75 Å². The predicted molar refractivity (Wildman–Crippen MR) is 103 cm³/mol. The summed E-state index contributed by atoms with van der Waals surface area (Å²) in [6.07, 6.45) is 2.75. The first-order chi connectivity index (χ1) is 12.0. The molecule has 0 aliphatic carbocycles. The first-order valence-corrected chi connectivity index (χ1v) is 9.74. The fourth-order valence-corrected chi connectivity index (χ4v) is 3.79. The molecule has 1 heterocycles. The minimum atomic E-state index is -0.470. The average molecular weight is 347 g/mol. The van der Waals surface area contributed by atoms with Gasteiger partial charge in [0.1, 0.15) is 5.75 Å². The molecule has 1 fully saturated rings. The van der Waals surface area contributed by atoms with Crippen LogP contribution in [0, 0.1) is 11.8 Å². The van der Waals surface area contributed by atoms with Gasteiger partial charge in [0.05, 0.1) is 0 Å². The van der Waals surface area contributed by atoms with E-state index in [1.807, 2.05) is 31.2 Å². The Labute approximate surface area is 152 Å². The maximum absolute atomic E-state index is 12.3. The Morgan fingerprint density at radius 1 is 1.28 bits per heavy atom. The monoisotopic (exact) mass is 346 g/mol. The highest BCUT2D eigenvalue weighted by molar-refractivity contribution is 5.80. The normalized spacial score (nSPS) is 22.4. The van der Waals surface area contributed by atoms with Crippen LogP contribution >= 0.6 is 0 Å².